The van der Waals surface area contributed by atoms with Crippen molar-refractivity contribution < 1.29 is 36.3 Å². The van der Waals surface area contributed by atoms with Gasteiger partial charge in [0.15, 0.2) is 0 Å². The number of ether oxygens (including phenoxy) is 1. The zero-order chi connectivity index (χ0) is 27.1. The third-order valence-corrected chi connectivity index (χ3v) is 6.44. The number of hydroxylamine groups is 1. The number of carbonyl (C=O) groups is 1. The van der Waals surface area contributed by atoms with Crippen molar-refractivity contribution >= 4 is 5.97 Å². The lowest BCUT2D eigenvalue weighted by Crippen LogP contribution is -2.46. The van der Waals surface area contributed by atoms with Crippen LogP contribution < -0.4 is 10.2 Å². The number of benzene rings is 3. The second kappa shape index (κ2) is 12.4. The van der Waals surface area contributed by atoms with Gasteiger partial charge in [0.05, 0.1) is 0 Å². The van der Waals surface area contributed by atoms with Crippen molar-refractivity contribution in [1.29, 1.82) is 0 Å². The fraction of sp³-hybridized carbons (Fsp3) is 0.321. The van der Waals surface area contributed by atoms with Gasteiger partial charge in [-0.25, -0.2) is 13.6 Å². The third-order valence-electron chi connectivity index (χ3n) is 6.44. The second-order valence-corrected chi connectivity index (χ2v) is 9.15. The molecule has 1 heterocycles. The summed E-state index contributed by atoms with van der Waals surface area (Å²) >= 11 is 0. The Hall–Kier alpha value is -3.50. The summed E-state index contributed by atoms with van der Waals surface area (Å²) < 4.78 is 71.8. The van der Waals surface area contributed by atoms with Gasteiger partial charge in [-0.1, -0.05) is 48.5 Å². The Morgan fingerprint density at radius 3 is 2.47 bits per heavy atom. The lowest BCUT2D eigenvalue weighted by atomic mass is 9.93. The molecule has 1 N–H and O–H groups in total. The summed E-state index contributed by atoms with van der Waals surface area (Å²) in [6.07, 6.45) is -4.25. The van der Waals surface area contributed by atoms with E-state index >= 15 is 0 Å². The van der Waals surface area contributed by atoms with E-state index in [2.05, 4.69) is 15.2 Å². The highest BCUT2D eigenvalue weighted by atomic mass is 19.4. The van der Waals surface area contributed by atoms with E-state index < -0.39 is 29.8 Å². The number of hydrogen-bond acceptors (Lipinski definition) is 5. The van der Waals surface area contributed by atoms with Crippen molar-refractivity contribution in [3.63, 3.8) is 0 Å². The van der Waals surface area contributed by atoms with E-state index in [1.807, 2.05) is 24.3 Å². The van der Waals surface area contributed by atoms with E-state index in [-0.39, 0.29) is 31.1 Å². The molecule has 10 heteroatoms. The molecule has 0 saturated carbocycles. The number of alkyl halides is 3. The Kier molecular flexibility index (Phi) is 8.96. The highest BCUT2D eigenvalue weighted by molar-refractivity contribution is 5.75. The van der Waals surface area contributed by atoms with Crippen LogP contribution in [0, 0.1) is 11.6 Å². The standard InChI is InChI=1S/C28H27F5N2O3/c29-22-9-5-10-25(16-22)37-18-24-15-19-6-1-2-8-21(19)17-35(24)13-12-23(34-38-27(36)28(31,32)33)14-20-7-3-4-11-26(20)30/h1-11,16,23-24,34H,12-15,17-18H2/t23-,24-/m0/s1. The molecule has 0 unspecified atom stereocenters. The molecule has 0 bridgehead atoms. The molecule has 0 amide bonds. The van der Waals surface area contributed by atoms with Crippen LogP contribution in [0.25, 0.3) is 0 Å². The molecule has 3 aromatic carbocycles. The Balaban J connectivity index is 1.47. The molecule has 38 heavy (non-hydrogen) atoms. The topological polar surface area (TPSA) is 50.8 Å². The minimum absolute atomic E-state index is 0.00664. The van der Waals surface area contributed by atoms with Crippen LogP contribution in [0.1, 0.15) is 23.1 Å². The summed E-state index contributed by atoms with van der Waals surface area (Å²) in [5.74, 6) is -2.90. The maximum atomic E-state index is 14.3. The predicted molar refractivity (Wildman–Crippen MR) is 130 cm³/mol. The van der Waals surface area contributed by atoms with E-state index in [0.717, 1.165) is 11.1 Å². The number of nitrogens with one attached hydrogen (secondary N) is 1. The summed E-state index contributed by atoms with van der Waals surface area (Å²) in [6.45, 7) is 1.20. The van der Waals surface area contributed by atoms with E-state index in [9.17, 15) is 26.7 Å². The van der Waals surface area contributed by atoms with Crippen LogP contribution in [0.4, 0.5) is 22.0 Å². The first-order chi connectivity index (χ1) is 18.2. The molecule has 5 nitrogen and oxygen atoms in total. The SMILES string of the molecule is O=C(ON[C@@H](CCN1Cc2ccccc2C[C@H]1COc1cccc(F)c1)Cc1ccccc1F)C(F)(F)F. The van der Waals surface area contributed by atoms with E-state index in [4.69, 9.17) is 4.74 Å². The van der Waals surface area contributed by atoms with Gasteiger partial charge in [-0.05, 0) is 54.2 Å². The quantitative estimate of drug-likeness (QED) is 0.280. The predicted octanol–water partition coefficient (Wildman–Crippen LogP) is 5.38. The molecule has 0 aromatic heterocycles. The van der Waals surface area contributed by atoms with Crippen LogP contribution >= 0.6 is 0 Å². The molecular formula is C28H27F5N2O3. The van der Waals surface area contributed by atoms with Crippen LogP contribution in [0.5, 0.6) is 5.75 Å². The molecule has 0 spiro atoms. The Bertz CT molecular complexity index is 1240. The Morgan fingerprint density at radius 2 is 1.74 bits per heavy atom. The highest BCUT2D eigenvalue weighted by Gasteiger charge is 2.42. The fourth-order valence-electron chi connectivity index (χ4n) is 4.47. The van der Waals surface area contributed by atoms with Crippen LogP contribution in [0.15, 0.2) is 72.8 Å². The minimum atomic E-state index is -5.16. The summed E-state index contributed by atoms with van der Waals surface area (Å²) in [4.78, 5) is 17.7. The van der Waals surface area contributed by atoms with Gasteiger partial charge in [0.2, 0.25) is 0 Å². The van der Waals surface area contributed by atoms with Crippen molar-refractivity contribution in [1.82, 2.24) is 10.4 Å². The van der Waals surface area contributed by atoms with E-state index in [1.54, 1.807) is 18.2 Å². The molecule has 1 aliphatic heterocycles. The zero-order valence-electron chi connectivity index (χ0n) is 20.4. The molecule has 4 rings (SSSR count). The number of carbonyl (C=O) groups excluding carboxylic acids is 1. The van der Waals surface area contributed by atoms with Gasteiger partial charge in [0.25, 0.3) is 0 Å². The van der Waals surface area contributed by atoms with Crippen molar-refractivity contribution in [2.75, 3.05) is 13.2 Å². The van der Waals surface area contributed by atoms with Crippen LogP contribution in [0.2, 0.25) is 0 Å². The molecule has 202 valence electrons. The van der Waals surface area contributed by atoms with Crippen molar-refractivity contribution in [2.45, 2.75) is 44.1 Å². The first-order valence-corrected chi connectivity index (χ1v) is 12.1. The maximum absolute atomic E-state index is 14.3. The average Bonchev–Trinajstić information content (AvgIpc) is 2.89. The largest absolute Gasteiger partial charge is 0.492 e. The van der Waals surface area contributed by atoms with Gasteiger partial charge in [0, 0.05) is 31.2 Å². The van der Waals surface area contributed by atoms with Gasteiger partial charge in [-0.3, -0.25) is 4.90 Å². The summed E-state index contributed by atoms with van der Waals surface area (Å²) in [5.41, 5.74) is 4.74. The molecule has 0 saturated heterocycles. The van der Waals surface area contributed by atoms with E-state index in [1.165, 1.54) is 30.3 Å². The van der Waals surface area contributed by atoms with E-state index in [0.29, 0.717) is 25.3 Å². The minimum Gasteiger partial charge on any atom is -0.492 e. The monoisotopic (exact) mass is 534 g/mol. The molecular weight excluding hydrogens is 507 g/mol. The summed E-state index contributed by atoms with van der Waals surface area (Å²) in [6, 6.07) is 18.8. The summed E-state index contributed by atoms with van der Waals surface area (Å²) in [5, 5.41) is 0. The maximum Gasteiger partial charge on any atom is 0.492 e. The van der Waals surface area contributed by atoms with Gasteiger partial charge < -0.3 is 9.57 Å². The first kappa shape index (κ1) is 27.5. The number of hydrogen-bond donors (Lipinski definition) is 1. The summed E-state index contributed by atoms with van der Waals surface area (Å²) in [7, 11) is 0. The van der Waals surface area contributed by atoms with Gasteiger partial charge in [-0.15, -0.1) is 5.48 Å². The van der Waals surface area contributed by atoms with Gasteiger partial charge >= 0.3 is 12.1 Å². The first-order valence-electron chi connectivity index (χ1n) is 12.1. The normalized spacial score (nSPS) is 16.5. The lowest BCUT2D eigenvalue weighted by Gasteiger charge is -2.37. The Morgan fingerprint density at radius 1 is 1.00 bits per heavy atom. The molecule has 0 fully saturated rings. The van der Waals surface area contributed by atoms with Crippen LogP contribution in [-0.4, -0.2) is 42.3 Å². The molecule has 1 aliphatic rings. The van der Waals surface area contributed by atoms with Gasteiger partial charge in [-0.2, -0.15) is 13.2 Å². The van der Waals surface area contributed by atoms with Crippen LogP contribution in [-0.2, 0) is 29.0 Å². The fourth-order valence-corrected chi connectivity index (χ4v) is 4.47. The molecule has 3 aromatic rings. The number of halogens is 5. The highest BCUT2D eigenvalue weighted by Crippen LogP contribution is 2.25. The molecule has 2 atom stereocenters. The van der Waals surface area contributed by atoms with Crippen LogP contribution in [0.3, 0.4) is 0 Å². The second-order valence-electron chi connectivity index (χ2n) is 9.15. The smallest absolute Gasteiger partial charge is 0.492 e. The zero-order valence-corrected chi connectivity index (χ0v) is 20.4. The van der Waals surface area contributed by atoms with Crippen molar-refractivity contribution in [2.24, 2.45) is 0 Å². The lowest BCUT2D eigenvalue weighted by molar-refractivity contribution is -0.208. The number of rotatable bonds is 10. The third kappa shape index (κ3) is 7.52. The van der Waals surface area contributed by atoms with Crippen molar-refractivity contribution in [3.05, 3.63) is 101 Å². The van der Waals surface area contributed by atoms with Gasteiger partial charge in [0.1, 0.15) is 24.0 Å². The Labute approximate surface area is 217 Å². The van der Waals surface area contributed by atoms with Crippen molar-refractivity contribution in [3.8, 4) is 5.75 Å². The average molecular weight is 535 g/mol. The molecule has 0 aliphatic carbocycles. The number of fused-ring (bicyclic) bond motifs is 1. The number of nitrogens with zero attached hydrogens (tertiary/aromatic N) is 1. The molecule has 0 radical (unpaired) electrons.